The van der Waals surface area contributed by atoms with E-state index in [4.69, 9.17) is 9.47 Å². The second-order valence-electron chi connectivity index (χ2n) is 7.26. The molecule has 0 unspecified atom stereocenters. The van der Waals surface area contributed by atoms with Crippen LogP contribution in [0.2, 0.25) is 0 Å². The van der Waals surface area contributed by atoms with Gasteiger partial charge in [-0.15, -0.1) is 0 Å². The molecule has 3 aromatic rings. The molecule has 1 saturated heterocycles. The first-order chi connectivity index (χ1) is 15.3. The largest absolute Gasteiger partial charge is 0.492 e. The quantitative estimate of drug-likeness (QED) is 0.582. The summed E-state index contributed by atoms with van der Waals surface area (Å²) in [5, 5.41) is 0. The van der Waals surface area contributed by atoms with Gasteiger partial charge in [0, 0.05) is 51.5 Å². The third-order valence-electron chi connectivity index (χ3n) is 5.08. The molecular formula is C23H25N5O3. The van der Waals surface area contributed by atoms with Gasteiger partial charge in [0.1, 0.15) is 17.8 Å². The maximum absolute atomic E-state index is 12.5. The van der Waals surface area contributed by atoms with Crippen molar-refractivity contribution in [2.45, 2.75) is 13.0 Å². The van der Waals surface area contributed by atoms with E-state index in [0.29, 0.717) is 25.4 Å². The highest BCUT2D eigenvalue weighted by atomic mass is 16.6. The molecule has 8 heteroatoms. The van der Waals surface area contributed by atoms with Gasteiger partial charge in [0.2, 0.25) is 0 Å². The van der Waals surface area contributed by atoms with Gasteiger partial charge < -0.3 is 14.4 Å². The molecule has 3 heterocycles. The summed E-state index contributed by atoms with van der Waals surface area (Å²) in [4.78, 5) is 28.7. The van der Waals surface area contributed by atoms with Crippen LogP contribution in [0, 0.1) is 0 Å². The van der Waals surface area contributed by atoms with E-state index in [0.717, 1.165) is 43.1 Å². The van der Waals surface area contributed by atoms with Crippen LogP contribution in [-0.2, 0) is 13.0 Å². The molecule has 0 N–H and O–H groups in total. The van der Waals surface area contributed by atoms with Crippen LogP contribution < -0.4 is 9.47 Å². The van der Waals surface area contributed by atoms with Crippen molar-refractivity contribution in [3.05, 3.63) is 78.6 Å². The summed E-state index contributed by atoms with van der Waals surface area (Å²) in [6, 6.07) is 13.2. The monoisotopic (exact) mass is 419 g/mol. The summed E-state index contributed by atoms with van der Waals surface area (Å²) in [5.74, 6) is 1.30. The minimum absolute atomic E-state index is 0.311. The first-order valence-corrected chi connectivity index (χ1v) is 10.3. The second kappa shape index (κ2) is 10.5. The third-order valence-corrected chi connectivity index (χ3v) is 5.08. The molecule has 1 aromatic carbocycles. The molecule has 0 atom stereocenters. The van der Waals surface area contributed by atoms with Gasteiger partial charge in [-0.1, -0.05) is 12.1 Å². The highest BCUT2D eigenvalue weighted by Crippen LogP contribution is 2.16. The number of hydrogen-bond acceptors (Lipinski definition) is 7. The Morgan fingerprint density at radius 3 is 2.48 bits per heavy atom. The number of benzene rings is 1. The van der Waals surface area contributed by atoms with Crippen LogP contribution in [0.5, 0.6) is 11.5 Å². The fraction of sp³-hybridized carbons (Fsp3) is 0.304. The highest BCUT2D eigenvalue weighted by molar-refractivity contribution is 5.70. The zero-order valence-electron chi connectivity index (χ0n) is 17.3. The van der Waals surface area contributed by atoms with Crippen LogP contribution in [0.4, 0.5) is 4.79 Å². The van der Waals surface area contributed by atoms with Gasteiger partial charge in [-0.2, -0.15) is 0 Å². The van der Waals surface area contributed by atoms with Crippen LogP contribution in [0.25, 0.3) is 0 Å². The standard InChI is InChI=1S/C23H25N5O3/c29-23(28-13-11-27(12-14-28)17-20-7-10-25-18-26-20)31-21-5-3-19(4-6-21)8-15-30-22-2-1-9-24-16-22/h1-7,9-10,16,18H,8,11-15,17H2. The second-order valence-corrected chi connectivity index (χ2v) is 7.26. The molecule has 1 amide bonds. The molecule has 2 aromatic heterocycles. The number of hydrogen-bond donors (Lipinski definition) is 0. The van der Waals surface area contributed by atoms with Gasteiger partial charge in [0.05, 0.1) is 18.5 Å². The molecule has 4 rings (SSSR count). The predicted octanol–water partition coefficient (Wildman–Crippen LogP) is 2.81. The molecule has 1 aliphatic rings. The molecule has 0 saturated carbocycles. The molecule has 0 aliphatic carbocycles. The molecule has 0 spiro atoms. The summed E-state index contributed by atoms with van der Waals surface area (Å²) < 4.78 is 11.2. The normalized spacial score (nSPS) is 14.3. The van der Waals surface area contributed by atoms with Crippen molar-refractivity contribution in [1.82, 2.24) is 24.8 Å². The Morgan fingerprint density at radius 2 is 1.77 bits per heavy atom. The van der Waals surface area contributed by atoms with E-state index in [1.54, 1.807) is 29.8 Å². The Bertz CT molecular complexity index is 946. The summed E-state index contributed by atoms with van der Waals surface area (Å²) in [7, 11) is 0. The van der Waals surface area contributed by atoms with E-state index < -0.39 is 0 Å². The minimum Gasteiger partial charge on any atom is -0.492 e. The zero-order chi connectivity index (χ0) is 21.3. The number of carbonyl (C=O) groups excluding carboxylic acids is 1. The lowest BCUT2D eigenvalue weighted by molar-refractivity contribution is 0.107. The van der Waals surface area contributed by atoms with Gasteiger partial charge in [0.15, 0.2) is 0 Å². The van der Waals surface area contributed by atoms with Crippen molar-refractivity contribution in [3.63, 3.8) is 0 Å². The lowest BCUT2D eigenvalue weighted by Crippen LogP contribution is -2.49. The molecule has 0 radical (unpaired) electrons. The first kappa shape index (κ1) is 20.7. The summed E-state index contributed by atoms with van der Waals surface area (Å²) >= 11 is 0. The van der Waals surface area contributed by atoms with Crippen LogP contribution in [0.3, 0.4) is 0 Å². The lowest BCUT2D eigenvalue weighted by Gasteiger charge is -2.33. The number of rotatable bonds is 7. The Kier molecular flexibility index (Phi) is 7.02. The van der Waals surface area contributed by atoms with E-state index in [-0.39, 0.29) is 6.09 Å². The SMILES string of the molecule is O=C(Oc1ccc(CCOc2cccnc2)cc1)N1CCN(Cc2ccncn2)CC1. The van der Waals surface area contributed by atoms with Crippen molar-refractivity contribution in [2.24, 2.45) is 0 Å². The van der Waals surface area contributed by atoms with Gasteiger partial charge in [-0.05, 0) is 35.9 Å². The molecular weight excluding hydrogens is 394 g/mol. The van der Waals surface area contributed by atoms with Crippen molar-refractivity contribution in [3.8, 4) is 11.5 Å². The number of carbonyl (C=O) groups is 1. The summed E-state index contributed by atoms with van der Waals surface area (Å²) in [6.07, 6.45) is 7.16. The molecule has 31 heavy (non-hydrogen) atoms. The van der Waals surface area contributed by atoms with Crippen LogP contribution >= 0.6 is 0 Å². The van der Waals surface area contributed by atoms with Crippen molar-refractivity contribution in [2.75, 3.05) is 32.8 Å². The topological polar surface area (TPSA) is 80.7 Å². The van der Waals surface area contributed by atoms with E-state index in [9.17, 15) is 4.79 Å². The van der Waals surface area contributed by atoms with Crippen LogP contribution in [-0.4, -0.2) is 63.6 Å². The summed E-state index contributed by atoms with van der Waals surface area (Å²) in [6.45, 7) is 4.16. The van der Waals surface area contributed by atoms with E-state index >= 15 is 0 Å². The molecule has 1 aliphatic heterocycles. The molecule has 160 valence electrons. The van der Waals surface area contributed by atoms with Crippen LogP contribution in [0.15, 0.2) is 67.4 Å². The Hall–Kier alpha value is -3.52. The van der Waals surface area contributed by atoms with Crippen molar-refractivity contribution in [1.29, 1.82) is 0 Å². The van der Waals surface area contributed by atoms with E-state index in [2.05, 4.69) is 19.9 Å². The number of piperazine rings is 1. The average molecular weight is 419 g/mol. The minimum atomic E-state index is -0.311. The Morgan fingerprint density at radius 1 is 0.935 bits per heavy atom. The fourth-order valence-electron chi connectivity index (χ4n) is 3.34. The maximum atomic E-state index is 12.5. The predicted molar refractivity (Wildman–Crippen MR) is 115 cm³/mol. The number of pyridine rings is 1. The Labute approximate surface area is 181 Å². The van der Waals surface area contributed by atoms with Crippen molar-refractivity contribution >= 4 is 6.09 Å². The Balaban J connectivity index is 1.19. The zero-order valence-corrected chi connectivity index (χ0v) is 17.3. The number of amides is 1. The van der Waals surface area contributed by atoms with Gasteiger partial charge in [-0.25, -0.2) is 14.8 Å². The number of nitrogens with zero attached hydrogens (tertiary/aromatic N) is 5. The van der Waals surface area contributed by atoms with Crippen molar-refractivity contribution < 1.29 is 14.3 Å². The third kappa shape index (κ3) is 6.23. The highest BCUT2D eigenvalue weighted by Gasteiger charge is 2.22. The lowest BCUT2D eigenvalue weighted by atomic mass is 10.1. The van der Waals surface area contributed by atoms with Gasteiger partial charge in [-0.3, -0.25) is 9.88 Å². The fourth-order valence-corrected chi connectivity index (χ4v) is 3.34. The van der Waals surface area contributed by atoms with E-state index in [1.165, 1.54) is 0 Å². The maximum Gasteiger partial charge on any atom is 0.415 e. The van der Waals surface area contributed by atoms with E-state index in [1.807, 2.05) is 42.5 Å². The van der Waals surface area contributed by atoms with Crippen LogP contribution in [0.1, 0.15) is 11.3 Å². The number of aromatic nitrogens is 3. The molecule has 1 fully saturated rings. The first-order valence-electron chi connectivity index (χ1n) is 10.3. The smallest absolute Gasteiger partial charge is 0.415 e. The summed E-state index contributed by atoms with van der Waals surface area (Å²) in [5.41, 5.74) is 2.10. The molecule has 0 bridgehead atoms. The van der Waals surface area contributed by atoms with Gasteiger partial charge in [0.25, 0.3) is 0 Å². The average Bonchev–Trinajstić information content (AvgIpc) is 2.82. The molecule has 8 nitrogen and oxygen atoms in total. The number of ether oxygens (including phenoxy) is 2. The van der Waals surface area contributed by atoms with Gasteiger partial charge >= 0.3 is 6.09 Å².